The van der Waals surface area contributed by atoms with Gasteiger partial charge in [-0.05, 0) is 12.8 Å². The highest BCUT2D eigenvalue weighted by molar-refractivity contribution is 9.11. The molecule has 1 aliphatic rings. The van der Waals surface area contributed by atoms with E-state index in [0.29, 0.717) is 6.42 Å². The van der Waals surface area contributed by atoms with Crippen LogP contribution in [-0.2, 0) is 9.05 Å². The smallest absolute Gasteiger partial charge is 0.211 e. The predicted molar refractivity (Wildman–Crippen MR) is 48.1 cm³/mol. The van der Waals surface area contributed by atoms with E-state index in [2.05, 4.69) is 15.9 Å². The lowest BCUT2D eigenvalue weighted by atomic mass is 10.4. The van der Waals surface area contributed by atoms with Gasteiger partial charge in [0.1, 0.15) is 4.58 Å². The van der Waals surface area contributed by atoms with Gasteiger partial charge in [0, 0.05) is 10.7 Å². The molecule has 0 radical (unpaired) electrons. The highest BCUT2D eigenvalue weighted by Crippen LogP contribution is 2.40. The zero-order valence-corrected chi connectivity index (χ0v) is 8.93. The standard InChI is InChI=1S/C4H6BrClO2S2/c5-3-1-2-4(9-3)10(6,7)8/h3-4H,1-2H2. The van der Waals surface area contributed by atoms with Gasteiger partial charge in [-0.1, -0.05) is 15.9 Å². The highest BCUT2D eigenvalue weighted by Gasteiger charge is 2.32. The van der Waals surface area contributed by atoms with Crippen LogP contribution in [-0.4, -0.2) is 17.2 Å². The van der Waals surface area contributed by atoms with Crippen LogP contribution in [0.5, 0.6) is 0 Å². The van der Waals surface area contributed by atoms with Crippen LogP contribution >= 0.6 is 38.4 Å². The quantitative estimate of drug-likeness (QED) is 0.538. The van der Waals surface area contributed by atoms with Crippen molar-refractivity contribution in [3.8, 4) is 0 Å². The third kappa shape index (κ3) is 2.29. The van der Waals surface area contributed by atoms with Gasteiger partial charge in [0.15, 0.2) is 0 Å². The molecule has 1 heterocycles. The maximum absolute atomic E-state index is 10.7. The van der Waals surface area contributed by atoms with E-state index >= 15 is 0 Å². The summed E-state index contributed by atoms with van der Waals surface area (Å²) >= 11 is 4.68. The summed E-state index contributed by atoms with van der Waals surface area (Å²) in [5.74, 6) is 0. The van der Waals surface area contributed by atoms with Gasteiger partial charge in [0.2, 0.25) is 9.05 Å². The van der Waals surface area contributed by atoms with Crippen molar-refractivity contribution in [3.05, 3.63) is 0 Å². The van der Waals surface area contributed by atoms with E-state index in [1.54, 1.807) is 0 Å². The second kappa shape index (κ2) is 3.21. The molecule has 6 heteroatoms. The summed E-state index contributed by atoms with van der Waals surface area (Å²) in [4.78, 5) is 0. The van der Waals surface area contributed by atoms with E-state index in [4.69, 9.17) is 10.7 Å². The van der Waals surface area contributed by atoms with E-state index in [-0.39, 0.29) is 4.16 Å². The van der Waals surface area contributed by atoms with Crippen molar-refractivity contribution >= 4 is 47.4 Å². The molecule has 0 spiro atoms. The van der Waals surface area contributed by atoms with E-state index in [9.17, 15) is 8.42 Å². The summed E-state index contributed by atoms with van der Waals surface area (Å²) in [6.45, 7) is 0. The van der Waals surface area contributed by atoms with Crippen LogP contribution in [0.1, 0.15) is 12.8 Å². The van der Waals surface area contributed by atoms with Crippen LogP contribution < -0.4 is 0 Å². The fraction of sp³-hybridized carbons (Fsp3) is 1.00. The average Bonchev–Trinajstić information content (AvgIpc) is 2.11. The highest BCUT2D eigenvalue weighted by atomic mass is 79.9. The second-order valence-corrected chi connectivity index (χ2v) is 8.26. The van der Waals surface area contributed by atoms with Gasteiger partial charge >= 0.3 is 0 Å². The first-order valence-corrected chi connectivity index (χ1v) is 6.96. The van der Waals surface area contributed by atoms with Crippen molar-refractivity contribution in [2.45, 2.75) is 21.6 Å². The zero-order valence-electron chi connectivity index (χ0n) is 4.96. The Morgan fingerprint density at radius 2 is 2.10 bits per heavy atom. The normalized spacial score (nSPS) is 34.6. The van der Waals surface area contributed by atoms with Gasteiger partial charge in [0.05, 0.1) is 4.16 Å². The Bertz CT molecular complexity index is 215. The van der Waals surface area contributed by atoms with Crippen molar-refractivity contribution in [1.29, 1.82) is 0 Å². The van der Waals surface area contributed by atoms with Gasteiger partial charge in [-0.15, -0.1) is 11.8 Å². The molecule has 1 fully saturated rings. The number of hydrogen-bond acceptors (Lipinski definition) is 3. The van der Waals surface area contributed by atoms with Gasteiger partial charge in [-0.25, -0.2) is 8.42 Å². The van der Waals surface area contributed by atoms with E-state index in [1.165, 1.54) is 11.8 Å². The summed E-state index contributed by atoms with van der Waals surface area (Å²) in [6.07, 6.45) is 1.54. The molecule has 1 rings (SSSR count). The lowest BCUT2D eigenvalue weighted by Crippen LogP contribution is -2.06. The molecule has 2 nitrogen and oxygen atoms in total. The van der Waals surface area contributed by atoms with Gasteiger partial charge in [-0.3, -0.25) is 0 Å². The predicted octanol–water partition coefficient (Wildman–Crippen LogP) is 2.13. The largest absolute Gasteiger partial charge is 0.244 e. The van der Waals surface area contributed by atoms with Gasteiger partial charge in [0.25, 0.3) is 0 Å². The molecule has 1 saturated heterocycles. The molecule has 0 aliphatic carbocycles. The molecule has 1 aliphatic heterocycles. The molecular formula is C4H6BrClO2S2. The lowest BCUT2D eigenvalue weighted by Gasteiger charge is -2.01. The summed E-state index contributed by atoms with van der Waals surface area (Å²) < 4.78 is 21.3. The number of rotatable bonds is 1. The molecule has 0 aromatic heterocycles. The van der Waals surface area contributed by atoms with E-state index in [0.717, 1.165) is 6.42 Å². The third-order valence-electron chi connectivity index (χ3n) is 1.24. The van der Waals surface area contributed by atoms with E-state index < -0.39 is 13.6 Å². The Labute approximate surface area is 77.3 Å². The Hall–Kier alpha value is 1.07. The molecule has 0 aromatic carbocycles. The fourth-order valence-corrected chi connectivity index (χ4v) is 5.12. The maximum atomic E-state index is 10.7. The van der Waals surface area contributed by atoms with Gasteiger partial charge in [-0.2, -0.15) is 0 Å². The van der Waals surface area contributed by atoms with Crippen molar-refractivity contribution in [1.82, 2.24) is 0 Å². The van der Waals surface area contributed by atoms with Crippen LogP contribution in [0.2, 0.25) is 0 Å². The van der Waals surface area contributed by atoms with Gasteiger partial charge < -0.3 is 0 Å². The Morgan fingerprint density at radius 3 is 2.30 bits per heavy atom. The maximum Gasteiger partial charge on any atom is 0.244 e. The minimum Gasteiger partial charge on any atom is -0.211 e. The Morgan fingerprint density at radius 1 is 1.50 bits per heavy atom. The average molecular weight is 266 g/mol. The minimum absolute atomic E-state index is 0.256. The van der Waals surface area contributed by atoms with E-state index in [1.807, 2.05) is 0 Å². The fourth-order valence-electron chi connectivity index (χ4n) is 0.775. The number of halogens is 2. The first-order valence-electron chi connectivity index (χ1n) is 2.73. The van der Waals surface area contributed by atoms with Crippen molar-refractivity contribution < 1.29 is 8.42 Å². The Balaban J connectivity index is 2.62. The lowest BCUT2D eigenvalue weighted by molar-refractivity contribution is 0.604. The van der Waals surface area contributed by atoms with Crippen LogP contribution in [0.15, 0.2) is 0 Å². The van der Waals surface area contributed by atoms with Crippen molar-refractivity contribution in [3.63, 3.8) is 0 Å². The molecule has 2 unspecified atom stereocenters. The summed E-state index contributed by atoms with van der Waals surface area (Å²) in [5, 5.41) is 0. The summed E-state index contributed by atoms with van der Waals surface area (Å²) in [5.41, 5.74) is 0. The molecule has 10 heavy (non-hydrogen) atoms. The molecule has 0 saturated carbocycles. The van der Waals surface area contributed by atoms with Crippen LogP contribution in [0, 0.1) is 0 Å². The summed E-state index contributed by atoms with van der Waals surface area (Å²) in [7, 11) is 1.81. The molecule has 0 N–H and O–H groups in total. The van der Waals surface area contributed by atoms with Crippen LogP contribution in [0.4, 0.5) is 0 Å². The molecule has 0 bridgehead atoms. The SMILES string of the molecule is O=S(=O)(Cl)C1CCC(Br)S1. The Kier molecular flexibility index (Phi) is 2.94. The van der Waals surface area contributed by atoms with Crippen molar-refractivity contribution in [2.75, 3.05) is 0 Å². The first-order chi connectivity index (χ1) is 4.50. The molecule has 0 aromatic rings. The first kappa shape index (κ1) is 9.16. The molecular weight excluding hydrogens is 260 g/mol. The second-order valence-electron chi connectivity index (χ2n) is 2.03. The third-order valence-corrected chi connectivity index (χ3v) is 6.34. The monoisotopic (exact) mass is 264 g/mol. The van der Waals surface area contributed by atoms with Crippen LogP contribution in [0.25, 0.3) is 0 Å². The number of hydrogen-bond donors (Lipinski definition) is 0. The molecule has 60 valence electrons. The molecule has 2 atom stereocenters. The molecule has 0 amide bonds. The number of thioether (sulfide) groups is 1. The minimum atomic E-state index is -3.33. The number of alkyl halides is 1. The van der Waals surface area contributed by atoms with Crippen LogP contribution in [0.3, 0.4) is 0 Å². The topological polar surface area (TPSA) is 34.1 Å². The zero-order chi connectivity index (χ0) is 7.78. The summed E-state index contributed by atoms with van der Waals surface area (Å²) in [6, 6.07) is 0. The van der Waals surface area contributed by atoms with Crippen molar-refractivity contribution in [2.24, 2.45) is 0 Å².